The molecule has 0 amide bonds. The Hall–Kier alpha value is -2.07. The second-order valence-corrected chi connectivity index (χ2v) is 9.09. The molecule has 3 heterocycles. The molecule has 7 nitrogen and oxygen atoms in total. The van der Waals surface area contributed by atoms with Gasteiger partial charge in [0, 0.05) is 31.7 Å². The fraction of sp³-hybridized carbons (Fsp3) is 0.294. The molecule has 0 atom stereocenters. The van der Waals surface area contributed by atoms with Crippen LogP contribution in [0.1, 0.15) is 5.89 Å². The molecule has 0 N–H and O–H groups in total. The number of thiophene rings is 1. The second-order valence-electron chi connectivity index (χ2n) is 5.98. The first-order valence-corrected chi connectivity index (χ1v) is 10.6. The average Bonchev–Trinajstić information content (AvgIpc) is 3.35. The SMILES string of the molecule is O=S(=O)(c1cccs1)N1CCN(Cc2nnc(-c3ccccc3)o2)CC1. The van der Waals surface area contributed by atoms with Crippen LogP contribution >= 0.6 is 11.3 Å². The van der Waals surface area contributed by atoms with Gasteiger partial charge >= 0.3 is 0 Å². The third-order valence-electron chi connectivity index (χ3n) is 4.27. The normalized spacial score (nSPS) is 16.8. The van der Waals surface area contributed by atoms with Crippen molar-refractivity contribution in [2.75, 3.05) is 26.2 Å². The number of benzene rings is 1. The minimum Gasteiger partial charge on any atom is -0.419 e. The fourth-order valence-corrected chi connectivity index (χ4v) is 5.44. The molecule has 0 spiro atoms. The molecule has 0 radical (unpaired) electrons. The third-order valence-corrected chi connectivity index (χ3v) is 7.54. The molecule has 4 rings (SSSR count). The zero-order valence-corrected chi connectivity index (χ0v) is 15.6. The van der Waals surface area contributed by atoms with E-state index in [9.17, 15) is 8.42 Å². The van der Waals surface area contributed by atoms with Gasteiger partial charge in [0.2, 0.25) is 11.8 Å². The van der Waals surface area contributed by atoms with Crippen molar-refractivity contribution in [1.29, 1.82) is 0 Å². The minimum atomic E-state index is -3.37. The number of hydrogen-bond acceptors (Lipinski definition) is 7. The first kappa shape index (κ1) is 17.3. The maximum Gasteiger partial charge on any atom is 0.252 e. The van der Waals surface area contributed by atoms with Crippen LogP contribution in [0.5, 0.6) is 0 Å². The summed E-state index contributed by atoms with van der Waals surface area (Å²) < 4.78 is 32.8. The Bertz CT molecular complexity index is 947. The van der Waals surface area contributed by atoms with Gasteiger partial charge in [-0.25, -0.2) is 8.42 Å². The Labute approximate surface area is 155 Å². The van der Waals surface area contributed by atoms with E-state index in [2.05, 4.69) is 15.1 Å². The van der Waals surface area contributed by atoms with Gasteiger partial charge < -0.3 is 4.42 Å². The molecule has 0 bridgehead atoms. The van der Waals surface area contributed by atoms with Crippen LogP contribution < -0.4 is 0 Å². The summed E-state index contributed by atoms with van der Waals surface area (Å²) in [5.74, 6) is 1.04. The Morgan fingerprint density at radius 1 is 1.00 bits per heavy atom. The Morgan fingerprint density at radius 3 is 2.46 bits per heavy atom. The van der Waals surface area contributed by atoms with Gasteiger partial charge in [-0.3, -0.25) is 4.90 Å². The van der Waals surface area contributed by atoms with Gasteiger partial charge in [-0.05, 0) is 23.6 Å². The predicted octanol–water partition coefficient (Wildman–Crippen LogP) is 2.30. The van der Waals surface area contributed by atoms with Crippen LogP contribution in [-0.4, -0.2) is 54.0 Å². The van der Waals surface area contributed by atoms with E-state index in [1.807, 2.05) is 30.3 Å². The van der Waals surface area contributed by atoms with Crippen molar-refractivity contribution >= 4 is 21.4 Å². The quantitative estimate of drug-likeness (QED) is 0.665. The van der Waals surface area contributed by atoms with Crippen LogP contribution in [0.25, 0.3) is 11.5 Å². The highest BCUT2D eigenvalue weighted by Crippen LogP contribution is 2.23. The maximum absolute atomic E-state index is 12.6. The highest BCUT2D eigenvalue weighted by atomic mass is 32.2. The molecular weight excluding hydrogens is 372 g/mol. The van der Waals surface area contributed by atoms with Crippen LogP contribution in [0.3, 0.4) is 0 Å². The van der Waals surface area contributed by atoms with Gasteiger partial charge in [0.05, 0.1) is 6.54 Å². The van der Waals surface area contributed by atoms with Crippen molar-refractivity contribution in [2.24, 2.45) is 0 Å². The van der Waals surface area contributed by atoms with Crippen molar-refractivity contribution in [3.05, 3.63) is 53.7 Å². The molecule has 0 saturated carbocycles. The van der Waals surface area contributed by atoms with E-state index in [1.165, 1.54) is 11.3 Å². The van der Waals surface area contributed by atoms with E-state index >= 15 is 0 Å². The van der Waals surface area contributed by atoms with Crippen molar-refractivity contribution < 1.29 is 12.8 Å². The zero-order valence-electron chi connectivity index (χ0n) is 14.0. The van der Waals surface area contributed by atoms with Crippen LogP contribution in [0.15, 0.2) is 56.5 Å². The topological polar surface area (TPSA) is 79.5 Å². The summed E-state index contributed by atoms with van der Waals surface area (Å²) in [6, 6.07) is 13.0. The lowest BCUT2D eigenvalue weighted by atomic mass is 10.2. The maximum atomic E-state index is 12.6. The van der Waals surface area contributed by atoms with Gasteiger partial charge in [-0.2, -0.15) is 4.31 Å². The van der Waals surface area contributed by atoms with Gasteiger partial charge in [0.15, 0.2) is 0 Å². The molecule has 9 heteroatoms. The highest BCUT2D eigenvalue weighted by molar-refractivity contribution is 7.91. The van der Waals surface area contributed by atoms with E-state index in [0.717, 1.165) is 5.56 Å². The summed E-state index contributed by atoms with van der Waals surface area (Å²) in [6.07, 6.45) is 0. The fourth-order valence-electron chi connectivity index (χ4n) is 2.87. The molecule has 0 aliphatic carbocycles. The third kappa shape index (κ3) is 3.56. The van der Waals surface area contributed by atoms with Crippen molar-refractivity contribution in [3.8, 4) is 11.5 Å². The van der Waals surface area contributed by atoms with Crippen molar-refractivity contribution in [1.82, 2.24) is 19.4 Å². The van der Waals surface area contributed by atoms with E-state index in [-0.39, 0.29) is 0 Å². The molecule has 26 heavy (non-hydrogen) atoms. The number of piperazine rings is 1. The van der Waals surface area contributed by atoms with Crippen LogP contribution in [0.4, 0.5) is 0 Å². The van der Waals surface area contributed by atoms with Crippen molar-refractivity contribution in [2.45, 2.75) is 10.8 Å². The molecule has 2 aromatic heterocycles. The Morgan fingerprint density at radius 2 is 1.77 bits per heavy atom. The smallest absolute Gasteiger partial charge is 0.252 e. The lowest BCUT2D eigenvalue weighted by molar-refractivity contribution is 0.169. The molecule has 1 aliphatic rings. The Balaban J connectivity index is 1.37. The van der Waals surface area contributed by atoms with E-state index < -0.39 is 10.0 Å². The Kier molecular flexibility index (Phi) is 4.86. The summed E-state index contributed by atoms with van der Waals surface area (Å²) in [5, 5.41) is 9.98. The van der Waals surface area contributed by atoms with E-state index in [1.54, 1.807) is 21.8 Å². The molecular formula is C17H18N4O3S2. The van der Waals surface area contributed by atoms with E-state index in [4.69, 9.17) is 4.42 Å². The molecule has 136 valence electrons. The first-order valence-electron chi connectivity index (χ1n) is 8.27. The first-order chi connectivity index (χ1) is 12.6. The van der Waals surface area contributed by atoms with Crippen molar-refractivity contribution in [3.63, 3.8) is 0 Å². The number of sulfonamides is 1. The zero-order chi connectivity index (χ0) is 18.0. The van der Waals surface area contributed by atoms with Gasteiger partial charge in [0.1, 0.15) is 4.21 Å². The summed E-state index contributed by atoms with van der Waals surface area (Å²) >= 11 is 1.25. The van der Waals surface area contributed by atoms with Gasteiger partial charge in [-0.1, -0.05) is 24.3 Å². The van der Waals surface area contributed by atoms with Crippen LogP contribution in [0.2, 0.25) is 0 Å². The number of rotatable bonds is 5. The van der Waals surface area contributed by atoms with Crippen LogP contribution in [0, 0.1) is 0 Å². The average molecular weight is 390 g/mol. The summed E-state index contributed by atoms with van der Waals surface area (Å²) in [7, 11) is -3.37. The van der Waals surface area contributed by atoms with Crippen LogP contribution in [-0.2, 0) is 16.6 Å². The lowest BCUT2D eigenvalue weighted by Crippen LogP contribution is -2.48. The monoisotopic (exact) mass is 390 g/mol. The lowest BCUT2D eigenvalue weighted by Gasteiger charge is -2.32. The molecule has 1 fully saturated rings. The molecule has 1 aromatic carbocycles. The molecule has 1 aliphatic heterocycles. The van der Waals surface area contributed by atoms with E-state index in [0.29, 0.717) is 48.7 Å². The largest absolute Gasteiger partial charge is 0.419 e. The van der Waals surface area contributed by atoms with Gasteiger partial charge in [-0.15, -0.1) is 21.5 Å². The predicted molar refractivity (Wildman–Crippen MR) is 98.1 cm³/mol. The summed E-state index contributed by atoms with van der Waals surface area (Å²) in [6.45, 7) is 2.70. The highest BCUT2D eigenvalue weighted by Gasteiger charge is 2.29. The summed E-state index contributed by atoms with van der Waals surface area (Å²) in [4.78, 5) is 2.13. The molecule has 3 aromatic rings. The standard InChI is InChI=1S/C17H18N4O3S2/c22-26(23,16-7-4-12-25-16)21-10-8-20(9-11-21)13-15-18-19-17(24-15)14-5-2-1-3-6-14/h1-7,12H,8-11,13H2. The number of hydrogen-bond donors (Lipinski definition) is 0. The molecule has 1 saturated heterocycles. The second kappa shape index (κ2) is 7.28. The number of nitrogens with zero attached hydrogens (tertiary/aromatic N) is 4. The van der Waals surface area contributed by atoms with Gasteiger partial charge in [0.25, 0.3) is 10.0 Å². The number of aromatic nitrogens is 2. The molecule has 0 unspecified atom stereocenters. The minimum absolute atomic E-state index is 0.398. The summed E-state index contributed by atoms with van der Waals surface area (Å²) in [5.41, 5.74) is 0.887.